The second-order valence-electron chi connectivity index (χ2n) is 6.23. The van der Waals surface area contributed by atoms with Gasteiger partial charge in [0, 0.05) is 6.54 Å². The van der Waals surface area contributed by atoms with Gasteiger partial charge >= 0.3 is 0 Å². The number of piperidine rings is 1. The van der Waals surface area contributed by atoms with E-state index in [1.807, 2.05) is 12.4 Å². The van der Waals surface area contributed by atoms with Crippen LogP contribution < -0.4 is 5.32 Å². The molecule has 1 fully saturated rings. The number of hydrogen-bond acceptors (Lipinski definition) is 3. The third-order valence-corrected chi connectivity index (χ3v) is 4.55. The number of benzene rings is 1. The molecule has 1 saturated heterocycles. The van der Waals surface area contributed by atoms with Gasteiger partial charge in [-0.25, -0.2) is 4.98 Å². The van der Waals surface area contributed by atoms with Gasteiger partial charge in [0.2, 0.25) is 0 Å². The zero-order valence-corrected chi connectivity index (χ0v) is 13.0. The van der Waals surface area contributed by atoms with Crippen LogP contribution in [0, 0.1) is 5.92 Å². The summed E-state index contributed by atoms with van der Waals surface area (Å²) < 4.78 is 2.26. The van der Waals surface area contributed by atoms with Crippen molar-refractivity contribution in [3.05, 3.63) is 30.6 Å². The Labute approximate surface area is 127 Å². The highest BCUT2D eigenvalue weighted by Crippen LogP contribution is 2.15. The minimum Gasteiger partial charge on any atom is -0.331 e. The molecule has 0 bridgehead atoms. The second kappa shape index (κ2) is 7.05. The molecule has 0 aliphatic carbocycles. The molecule has 4 heteroatoms. The van der Waals surface area contributed by atoms with E-state index in [9.17, 15) is 0 Å². The minimum absolute atomic E-state index is 0.871. The second-order valence-corrected chi connectivity index (χ2v) is 6.23. The number of nitrogens with zero attached hydrogens (tertiary/aromatic N) is 3. The molecule has 1 aliphatic heterocycles. The summed E-state index contributed by atoms with van der Waals surface area (Å²) in [6.45, 7) is 5.83. The third-order valence-electron chi connectivity index (χ3n) is 4.55. The van der Waals surface area contributed by atoms with Gasteiger partial charge in [0.1, 0.15) is 0 Å². The van der Waals surface area contributed by atoms with Crippen LogP contribution in [0.4, 0.5) is 0 Å². The summed E-state index contributed by atoms with van der Waals surface area (Å²) in [4.78, 5) is 6.87. The van der Waals surface area contributed by atoms with Crippen LogP contribution in [0.1, 0.15) is 19.3 Å². The Morgan fingerprint density at radius 3 is 2.90 bits per heavy atom. The average Bonchev–Trinajstić information content (AvgIpc) is 2.92. The predicted octanol–water partition coefficient (Wildman–Crippen LogP) is 2.36. The summed E-state index contributed by atoms with van der Waals surface area (Å²) >= 11 is 0. The predicted molar refractivity (Wildman–Crippen MR) is 87.4 cm³/mol. The smallest absolute Gasteiger partial charge is 0.0958 e. The van der Waals surface area contributed by atoms with Crippen LogP contribution in [0.15, 0.2) is 30.6 Å². The highest BCUT2D eigenvalue weighted by atomic mass is 15.1. The maximum absolute atomic E-state index is 4.44. The summed E-state index contributed by atoms with van der Waals surface area (Å²) in [5, 5.41) is 3.63. The van der Waals surface area contributed by atoms with E-state index in [0.29, 0.717) is 0 Å². The van der Waals surface area contributed by atoms with Crippen LogP contribution in [0.3, 0.4) is 0 Å². The van der Waals surface area contributed by atoms with E-state index in [2.05, 4.69) is 45.0 Å². The van der Waals surface area contributed by atoms with Crippen molar-refractivity contribution in [3.63, 3.8) is 0 Å². The summed E-state index contributed by atoms with van der Waals surface area (Å²) in [5.74, 6) is 0.871. The number of aromatic nitrogens is 2. The van der Waals surface area contributed by atoms with Gasteiger partial charge in [-0.15, -0.1) is 0 Å². The van der Waals surface area contributed by atoms with Crippen molar-refractivity contribution >= 4 is 11.0 Å². The molecule has 114 valence electrons. The fourth-order valence-electron chi connectivity index (χ4n) is 3.14. The topological polar surface area (TPSA) is 33.1 Å². The minimum atomic E-state index is 0.871. The van der Waals surface area contributed by atoms with Gasteiger partial charge in [0.05, 0.1) is 17.4 Å². The number of likely N-dealkylation sites (tertiary alicyclic amines) is 1. The van der Waals surface area contributed by atoms with Gasteiger partial charge in [-0.3, -0.25) is 0 Å². The number of fused-ring (bicyclic) bond motifs is 1. The van der Waals surface area contributed by atoms with Crippen molar-refractivity contribution in [1.82, 2.24) is 19.8 Å². The van der Waals surface area contributed by atoms with Gasteiger partial charge in [0.25, 0.3) is 0 Å². The van der Waals surface area contributed by atoms with Crippen molar-refractivity contribution in [3.8, 4) is 0 Å². The number of rotatable bonds is 6. The average molecular weight is 286 g/mol. The Hall–Kier alpha value is -1.39. The van der Waals surface area contributed by atoms with Gasteiger partial charge in [-0.05, 0) is 70.5 Å². The van der Waals surface area contributed by atoms with Crippen molar-refractivity contribution in [2.45, 2.75) is 25.8 Å². The normalized spacial score (nSPS) is 17.6. The monoisotopic (exact) mass is 286 g/mol. The van der Waals surface area contributed by atoms with Crippen LogP contribution >= 0.6 is 0 Å². The molecule has 1 aromatic carbocycles. The molecule has 2 heterocycles. The largest absolute Gasteiger partial charge is 0.331 e. The zero-order valence-electron chi connectivity index (χ0n) is 13.0. The van der Waals surface area contributed by atoms with Crippen molar-refractivity contribution in [2.24, 2.45) is 5.92 Å². The molecule has 1 aliphatic rings. The van der Waals surface area contributed by atoms with Gasteiger partial charge in [-0.2, -0.15) is 0 Å². The van der Waals surface area contributed by atoms with E-state index in [4.69, 9.17) is 0 Å². The molecule has 1 aromatic heterocycles. The Bertz CT molecular complexity index is 555. The molecule has 0 amide bonds. The molecule has 21 heavy (non-hydrogen) atoms. The molecule has 0 saturated carbocycles. The van der Waals surface area contributed by atoms with E-state index >= 15 is 0 Å². The maximum Gasteiger partial charge on any atom is 0.0958 e. The summed E-state index contributed by atoms with van der Waals surface area (Å²) in [6.07, 6.45) is 5.81. The first-order valence-electron chi connectivity index (χ1n) is 8.12. The highest BCUT2D eigenvalue weighted by molar-refractivity contribution is 5.74. The Morgan fingerprint density at radius 1 is 1.24 bits per heavy atom. The zero-order chi connectivity index (χ0) is 14.5. The molecule has 0 spiro atoms. The summed E-state index contributed by atoms with van der Waals surface area (Å²) in [6, 6.07) is 8.35. The number of imidazole rings is 1. The van der Waals surface area contributed by atoms with Gasteiger partial charge in [0.15, 0.2) is 0 Å². The fraction of sp³-hybridized carbons (Fsp3) is 0.588. The molecule has 1 N–H and O–H groups in total. The standard InChI is InChI=1S/C17H26N4/c1-20-11-7-15(8-12-20)13-18-9-4-10-21-14-19-16-5-2-3-6-17(16)21/h2-3,5-6,14-15,18H,4,7-13H2,1H3. The SMILES string of the molecule is CN1CCC(CNCCCn2cnc3ccccc32)CC1. The third kappa shape index (κ3) is 3.83. The van der Waals surface area contributed by atoms with Crippen LogP contribution in [-0.2, 0) is 6.54 Å². The van der Waals surface area contributed by atoms with Crippen molar-refractivity contribution < 1.29 is 0 Å². The number of aryl methyl sites for hydroxylation is 1. The Morgan fingerprint density at radius 2 is 2.05 bits per heavy atom. The van der Waals surface area contributed by atoms with Gasteiger partial charge in [-0.1, -0.05) is 12.1 Å². The van der Waals surface area contributed by atoms with Crippen LogP contribution in [-0.4, -0.2) is 47.7 Å². The van der Waals surface area contributed by atoms with Crippen LogP contribution in [0.2, 0.25) is 0 Å². The molecule has 3 rings (SSSR count). The first-order valence-corrected chi connectivity index (χ1v) is 8.12. The molecular weight excluding hydrogens is 260 g/mol. The first kappa shape index (κ1) is 14.5. The Kier molecular flexibility index (Phi) is 4.88. The molecule has 0 unspecified atom stereocenters. The molecule has 0 atom stereocenters. The van der Waals surface area contributed by atoms with Crippen LogP contribution in [0.5, 0.6) is 0 Å². The molecule has 2 aromatic rings. The van der Waals surface area contributed by atoms with E-state index in [1.165, 1.54) is 38.0 Å². The maximum atomic E-state index is 4.44. The molecule has 4 nitrogen and oxygen atoms in total. The lowest BCUT2D eigenvalue weighted by Crippen LogP contribution is -2.35. The summed E-state index contributed by atoms with van der Waals surface area (Å²) in [7, 11) is 2.22. The molecule has 0 radical (unpaired) electrons. The summed E-state index contributed by atoms with van der Waals surface area (Å²) in [5.41, 5.74) is 2.34. The van der Waals surface area contributed by atoms with Crippen molar-refractivity contribution in [1.29, 1.82) is 0 Å². The molecular formula is C17H26N4. The lowest BCUT2D eigenvalue weighted by molar-refractivity contribution is 0.216. The lowest BCUT2D eigenvalue weighted by Gasteiger charge is -2.29. The van der Waals surface area contributed by atoms with E-state index < -0.39 is 0 Å². The van der Waals surface area contributed by atoms with Crippen LogP contribution in [0.25, 0.3) is 11.0 Å². The first-order chi connectivity index (χ1) is 10.3. The van der Waals surface area contributed by atoms with Gasteiger partial charge < -0.3 is 14.8 Å². The Balaban J connectivity index is 1.37. The fourth-order valence-corrected chi connectivity index (χ4v) is 3.14. The highest BCUT2D eigenvalue weighted by Gasteiger charge is 2.15. The van der Waals surface area contributed by atoms with E-state index in [0.717, 1.165) is 30.9 Å². The van der Waals surface area contributed by atoms with Crippen molar-refractivity contribution in [2.75, 3.05) is 33.2 Å². The number of nitrogens with one attached hydrogen (secondary N) is 1. The van der Waals surface area contributed by atoms with E-state index in [1.54, 1.807) is 0 Å². The number of para-hydroxylation sites is 2. The quantitative estimate of drug-likeness (QED) is 0.828. The number of hydrogen-bond donors (Lipinski definition) is 1. The van der Waals surface area contributed by atoms with E-state index in [-0.39, 0.29) is 0 Å². The lowest BCUT2D eigenvalue weighted by atomic mass is 9.97.